The maximum atomic E-state index is 13.1. The summed E-state index contributed by atoms with van der Waals surface area (Å²) >= 11 is 0. The van der Waals surface area contributed by atoms with E-state index in [4.69, 9.17) is 0 Å². The Bertz CT molecular complexity index is 843. The van der Waals surface area contributed by atoms with Crippen LogP contribution in [0.15, 0.2) is 47.4 Å². The highest BCUT2D eigenvalue weighted by Crippen LogP contribution is 2.27. The average molecular weight is 346 g/mol. The van der Waals surface area contributed by atoms with Crippen LogP contribution in [0, 0.1) is 0 Å². The van der Waals surface area contributed by atoms with E-state index < -0.39 is 10.0 Å². The van der Waals surface area contributed by atoms with Gasteiger partial charge in [-0.15, -0.1) is 0 Å². The number of hydrogen-bond acceptors (Lipinski definition) is 3. The van der Waals surface area contributed by atoms with Crippen molar-refractivity contribution in [2.24, 2.45) is 0 Å². The lowest BCUT2D eigenvalue weighted by atomic mass is 10.1. The van der Waals surface area contributed by atoms with Gasteiger partial charge in [-0.2, -0.15) is 4.31 Å². The molecule has 2 aromatic carbocycles. The van der Waals surface area contributed by atoms with E-state index >= 15 is 0 Å². The van der Waals surface area contributed by atoms with E-state index in [9.17, 15) is 13.2 Å². The van der Waals surface area contributed by atoms with Gasteiger partial charge >= 0.3 is 0 Å². The van der Waals surface area contributed by atoms with Crippen LogP contribution in [0.1, 0.15) is 26.2 Å². The minimum absolute atomic E-state index is 0.0376. The third kappa shape index (κ3) is 3.30. The third-order valence-electron chi connectivity index (χ3n) is 4.44. The third-order valence-corrected chi connectivity index (χ3v) is 6.36. The van der Waals surface area contributed by atoms with Crippen LogP contribution in [0.5, 0.6) is 0 Å². The van der Waals surface area contributed by atoms with Crippen molar-refractivity contribution in [3.05, 3.63) is 42.5 Å². The van der Waals surface area contributed by atoms with Crippen molar-refractivity contribution in [2.75, 3.05) is 13.1 Å². The zero-order chi connectivity index (χ0) is 17.2. The Labute approximate surface area is 142 Å². The number of nitrogens with one attached hydrogen (secondary N) is 1. The van der Waals surface area contributed by atoms with Gasteiger partial charge < -0.3 is 5.32 Å². The second-order valence-electron chi connectivity index (χ2n) is 6.10. The maximum Gasteiger partial charge on any atom is 0.243 e. The van der Waals surface area contributed by atoms with Crippen molar-refractivity contribution in [1.29, 1.82) is 0 Å². The van der Waals surface area contributed by atoms with Gasteiger partial charge in [0.05, 0.1) is 4.90 Å². The lowest BCUT2D eigenvalue weighted by Crippen LogP contribution is -2.49. The molecule has 1 fully saturated rings. The van der Waals surface area contributed by atoms with Crippen molar-refractivity contribution < 1.29 is 13.2 Å². The van der Waals surface area contributed by atoms with Crippen molar-refractivity contribution in [3.63, 3.8) is 0 Å². The fourth-order valence-electron chi connectivity index (χ4n) is 3.17. The molecule has 5 nitrogen and oxygen atoms in total. The highest BCUT2D eigenvalue weighted by molar-refractivity contribution is 7.89. The summed E-state index contributed by atoms with van der Waals surface area (Å²) in [4.78, 5) is 11.9. The van der Waals surface area contributed by atoms with E-state index in [-0.39, 0.29) is 11.9 Å². The minimum atomic E-state index is -3.58. The van der Waals surface area contributed by atoms with E-state index in [0.717, 1.165) is 23.6 Å². The highest BCUT2D eigenvalue weighted by Gasteiger charge is 2.31. The van der Waals surface area contributed by atoms with Crippen LogP contribution in [0.3, 0.4) is 0 Å². The summed E-state index contributed by atoms with van der Waals surface area (Å²) in [5.41, 5.74) is 0. The smallest absolute Gasteiger partial charge is 0.243 e. The Kier molecular flexibility index (Phi) is 4.87. The van der Waals surface area contributed by atoms with Crippen molar-refractivity contribution in [2.45, 2.75) is 37.1 Å². The molecule has 128 valence electrons. The number of amides is 1. The molecule has 1 amide bonds. The molecule has 1 aliphatic heterocycles. The molecule has 0 unspecified atom stereocenters. The first-order valence-electron chi connectivity index (χ1n) is 8.29. The predicted octanol–water partition coefficient (Wildman–Crippen LogP) is 2.52. The van der Waals surface area contributed by atoms with Gasteiger partial charge in [-0.05, 0) is 24.3 Å². The molecule has 1 aliphatic rings. The number of benzene rings is 2. The lowest BCUT2D eigenvalue weighted by Gasteiger charge is -2.32. The van der Waals surface area contributed by atoms with Gasteiger partial charge in [0, 0.05) is 30.9 Å². The van der Waals surface area contributed by atoms with Gasteiger partial charge in [0.25, 0.3) is 0 Å². The first kappa shape index (κ1) is 16.9. The van der Waals surface area contributed by atoms with Crippen LogP contribution < -0.4 is 5.32 Å². The minimum Gasteiger partial charge on any atom is -0.352 e. The van der Waals surface area contributed by atoms with Gasteiger partial charge in [0.1, 0.15) is 0 Å². The fourth-order valence-corrected chi connectivity index (χ4v) is 4.91. The summed E-state index contributed by atoms with van der Waals surface area (Å²) in [5.74, 6) is -0.0376. The number of hydrogen-bond donors (Lipinski definition) is 1. The molecule has 1 saturated heterocycles. The second kappa shape index (κ2) is 6.91. The van der Waals surface area contributed by atoms with Gasteiger partial charge in [-0.25, -0.2) is 8.42 Å². The van der Waals surface area contributed by atoms with E-state index in [2.05, 4.69) is 5.32 Å². The van der Waals surface area contributed by atoms with Crippen LogP contribution in [0.2, 0.25) is 0 Å². The van der Waals surface area contributed by atoms with Gasteiger partial charge in [0.2, 0.25) is 15.9 Å². The molecule has 0 bridgehead atoms. The number of sulfonamides is 1. The van der Waals surface area contributed by atoms with Crippen LogP contribution in [0.4, 0.5) is 0 Å². The zero-order valence-corrected chi connectivity index (χ0v) is 14.6. The molecule has 3 rings (SSSR count). The number of nitrogens with zero attached hydrogens (tertiary/aromatic N) is 1. The molecule has 24 heavy (non-hydrogen) atoms. The molecule has 0 aromatic heterocycles. The molecule has 1 N–H and O–H groups in total. The predicted molar refractivity (Wildman–Crippen MR) is 94.2 cm³/mol. The van der Waals surface area contributed by atoms with E-state index in [1.54, 1.807) is 19.1 Å². The summed E-state index contributed by atoms with van der Waals surface area (Å²) in [5, 5.41) is 4.56. The lowest BCUT2D eigenvalue weighted by molar-refractivity contribution is -0.121. The van der Waals surface area contributed by atoms with E-state index in [0.29, 0.717) is 24.4 Å². The van der Waals surface area contributed by atoms with E-state index in [1.165, 1.54) is 4.31 Å². The van der Waals surface area contributed by atoms with Crippen LogP contribution in [0.25, 0.3) is 10.8 Å². The Balaban J connectivity index is 1.90. The molecule has 1 heterocycles. The number of piperidine rings is 1. The average Bonchev–Trinajstić information content (AvgIpc) is 2.61. The van der Waals surface area contributed by atoms with Crippen molar-refractivity contribution in [3.8, 4) is 0 Å². The molecule has 0 radical (unpaired) electrons. The summed E-state index contributed by atoms with van der Waals surface area (Å²) in [6.07, 6.45) is 1.97. The number of fused-ring (bicyclic) bond motifs is 1. The molecule has 2 aromatic rings. The Morgan fingerprint density at radius 3 is 2.75 bits per heavy atom. The largest absolute Gasteiger partial charge is 0.352 e. The standard InChI is InChI=1S/C18H22N2O3S/c1-2-18(21)19-15-9-6-12-20(13-15)24(22,23)17-11-5-8-14-7-3-4-10-16(14)17/h3-5,7-8,10-11,15H,2,6,9,12-13H2,1H3,(H,19,21)/t15-/m1/s1. The van der Waals surface area contributed by atoms with Crippen molar-refractivity contribution in [1.82, 2.24) is 9.62 Å². The first-order valence-corrected chi connectivity index (χ1v) is 9.73. The maximum absolute atomic E-state index is 13.1. The topological polar surface area (TPSA) is 66.5 Å². The molecular weight excluding hydrogens is 324 g/mol. The van der Waals surface area contributed by atoms with Crippen LogP contribution >= 0.6 is 0 Å². The number of rotatable bonds is 4. The number of carbonyl (C=O) groups excluding carboxylic acids is 1. The first-order chi connectivity index (χ1) is 11.5. The SMILES string of the molecule is CCC(=O)N[C@@H]1CCCN(S(=O)(=O)c2cccc3ccccc23)C1. The Morgan fingerprint density at radius 1 is 1.21 bits per heavy atom. The van der Waals surface area contributed by atoms with Crippen molar-refractivity contribution >= 4 is 26.7 Å². The monoisotopic (exact) mass is 346 g/mol. The van der Waals surface area contributed by atoms with Crippen LogP contribution in [-0.2, 0) is 14.8 Å². The van der Waals surface area contributed by atoms with Gasteiger partial charge in [0.15, 0.2) is 0 Å². The van der Waals surface area contributed by atoms with Gasteiger partial charge in [-0.3, -0.25) is 4.79 Å². The molecule has 0 saturated carbocycles. The normalized spacial score (nSPS) is 19.3. The second-order valence-corrected chi connectivity index (χ2v) is 8.01. The fraction of sp³-hybridized carbons (Fsp3) is 0.389. The summed E-state index contributed by atoms with van der Waals surface area (Å²) < 4.78 is 27.7. The molecule has 0 spiro atoms. The Morgan fingerprint density at radius 2 is 1.96 bits per heavy atom. The highest BCUT2D eigenvalue weighted by atomic mass is 32.2. The van der Waals surface area contributed by atoms with Crippen LogP contribution in [-0.4, -0.2) is 37.8 Å². The molecule has 6 heteroatoms. The summed E-state index contributed by atoms with van der Waals surface area (Å²) in [6, 6.07) is 12.7. The quantitative estimate of drug-likeness (QED) is 0.925. The summed E-state index contributed by atoms with van der Waals surface area (Å²) in [6.45, 7) is 2.62. The summed E-state index contributed by atoms with van der Waals surface area (Å²) in [7, 11) is -3.58. The van der Waals surface area contributed by atoms with Gasteiger partial charge in [-0.1, -0.05) is 43.3 Å². The molecule has 0 aliphatic carbocycles. The van der Waals surface area contributed by atoms with E-state index in [1.807, 2.05) is 30.3 Å². The Hall–Kier alpha value is -1.92. The zero-order valence-electron chi connectivity index (χ0n) is 13.7. The molecular formula is C18H22N2O3S. The number of carbonyl (C=O) groups is 1. The molecule has 1 atom stereocenters.